The van der Waals surface area contributed by atoms with Crippen LogP contribution in [-0.2, 0) is 4.79 Å². The number of carbonyl (C=O) groups excluding carboxylic acids is 1. The number of phenols is 2. The number of aromatic nitrogens is 1. The van der Waals surface area contributed by atoms with Gasteiger partial charge in [0.05, 0.1) is 16.4 Å². The van der Waals surface area contributed by atoms with E-state index in [0.717, 1.165) is 10.2 Å². The number of rotatable bonds is 5. The van der Waals surface area contributed by atoms with Crippen molar-refractivity contribution in [2.75, 3.05) is 5.32 Å². The Balaban J connectivity index is 1.60. The summed E-state index contributed by atoms with van der Waals surface area (Å²) in [5.41, 5.74) is 3.56. The number of thiazole rings is 1. The van der Waals surface area contributed by atoms with Crippen molar-refractivity contribution in [2.24, 2.45) is 5.10 Å². The maximum absolute atomic E-state index is 12.1. The number of aromatic hydroxyl groups is 2. The first kappa shape index (κ1) is 16.7. The van der Waals surface area contributed by atoms with E-state index in [1.807, 2.05) is 24.3 Å². The van der Waals surface area contributed by atoms with Crippen molar-refractivity contribution in [3.05, 3.63) is 48.0 Å². The van der Waals surface area contributed by atoms with Gasteiger partial charge in [-0.1, -0.05) is 29.5 Å². The maximum Gasteiger partial charge on any atom is 0.262 e. The number of para-hydroxylation sites is 2. The van der Waals surface area contributed by atoms with E-state index in [2.05, 4.69) is 20.8 Å². The fourth-order valence-electron chi connectivity index (χ4n) is 2.10. The Morgan fingerprint density at radius 3 is 2.84 bits per heavy atom. The van der Waals surface area contributed by atoms with Crippen LogP contribution in [0.15, 0.2) is 47.6 Å². The van der Waals surface area contributed by atoms with Crippen molar-refractivity contribution < 1.29 is 15.0 Å². The Kier molecular flexibility index (Phi) is 4.80. The number of amides is 1. The molecular weight excluding hydrogens is 340 g/mol. The van der Waals surface area contributed by atoms with Crippen LogP contribution in [0.1, 0.15) is 12.5 Å². The third kappa shape index (κ3) is 3.86. The molecule has 3 aromatic rings. The van der Waals surface area contributed by atoms with Gasteiger partial charge in [-0.15, -0.1) is 0 Å². The number of nitrogens with one attached hydrogen (secondary N) is 2. The number of carbonyl (C=O) groups is 1. The van der Waals surface area contributed by atoms with Gasteiger partial charge in [0.25, 0.3) is 5.91 Å². The first-order valence-electron chi connectivity index (χ1n) is 7.50. The minimum atomic E-state index is -0.546. The molecule has 0 fully saturated rings. The molecule has 7 nitrogen and oxygen atoms in total. The summed E-state index contributed by atoms with van der Waals surface area (Å²) in [6, 6.07) is 11.7. The van der Waals surface area contributed by atoms with Crippen molar-refractivity contribution in [2.45, 2.75) is 13.0 Å². The highest BCUT2D eigenvalue weighted by atomic mass is 32.1. The molecule has 0 aliphatic rings. The number of anilines is 1. The Morgan fingerprint density at radius 2 is 2.04 bits per heavy atom. The first-order chi connectivity index (χ1) is 12.0. The molecule has 0 aliphatic heterocycles. The van der Waals surface area contributed by atoms with E-state index in [9.17, 15) is 15.0 Å². The molecule has 128 valence electrons. The number of hydrazone groups is 1. The Hall–Kier alpha value is -3.13. The second kappa shape index (κ2) is 7.18. The number of hydrogen-bond acceptors (Lipinski definition) is 7. The quantitative estimate of drug-likeness (QED) is 0.319. The highest BCUT2D eigenvalue weighted by molar-refractivity contribution is 7.22. The van der Waals surface area contributed by atoms with Crippen LogP contribution in [0.3, 0.4) is 0 Å². The summed E-state index contributed by atoms with van der Waals surface area (Å²) >= 11 is 1.47. The van der Waals surface area contributed by atoms with E-state index >= 15 is 0 Å². The summed E-state index contributed by atoms with van der Waals surface area (Å²) < 4.78 is 1.04. The van der Waals surface area contributed by atoms with Crippen LogP contribution in [0.25, 0.3) is 10.2 Å². The summed E-state index contributed by atoms with van der Waals surface area (Å²) in [6.45, 7) is 1.70. The average molecular weight is 356 g/mol. The molecule has 1 atom stereocenters. The lowest BCUT2D eigenvalue weighted by atomic mass is 10.2. The normalized spacial score (nSPS) is 12.4. The van der Waals surface area contributed by atoms with Crippen molar-refractivity contribution in [3.8, 4) is 11.5 Å². The molecule has 4 N–H and O–H groups in total. The predicted octanol–water partition coefficient (Wildman–Crippen LogP) is 2.66. The molecular formula is C17H16N4O3S. The van der Waals surface area contributed by atoms with Crippen molar-refractivity contribution in [1.82, 2.24) is 10.4 Å². The van der Waals surface area contributed by atoms with Crippen molar-refractivity contribution >= 4 is 38.8 Å². The van der Waals surface area contributed by atoms with Crippen LogP contribution < -0.4 is 10.7 Å². The smallest absolute Gasteiger partial charge is 0.262 e. The molecule has 0 spiro atoms. The summed E-state index contributed by atoms with van der Waals surface area (Å²) in [5.74, 6) is -0.891. The van der Waals surface area contributed by atoms with Crippen molar-refractivity contribution in [1.29, 1.82) is 0 Å². The monoisotopic (exact) mass is 356 g/mol. The molecule has 0 aliphatic carbocycles. The van der Waals surface area contributed by atoms with Gasteiger partial charge >= 0.3 is 0 Å². The van der Waals surface area contributed by atoms with Crippen molar-refractivity contribution in [3.63, 3.8) is 0 Å². The van der Waals surface area contributed by atoms with E-state index in [-0.39, 0.29) is 17.4 Å². The Bertz CT molecular complexity index is 906. The summed E-state index contributed by atoms with van der Waals surface area (Å²) in [6.07, 6.45) is 1.26. The zero-order valence-corrected chi connectivity index (χ0v) is 14.1. The van der Waals surface area contributed by atoms with Gasteiger partial charge in [-0.25, -0.2) is 10.4 Å². The number of phenolic OH excluding ortho intramolecular Hbond substituents is 2. The van der Waals surface area contributed by atoms with Gasteiger partial charge < -0.3 is 15.5 Å². The summed E-state index contributed by atoms with van der Waals surface area (Å²) in [4.78, 5) is 16.5. The molecule has 0 radical (unpaired) electrons. The minimum absolute atomic E-state index is 0.249. The van der Waals surface area contributed by atoms with Crippen LogP contribution in [0.5, 0.6) is 11.5 Å². The largest absolute Gasteiger partial charge is 0.504 e. The highest BCUT2D eigenvalue weighted by Gasteiger charge is 2.14. The molecule has 2 aromatic carbocycles. The molecule has 0 saturated heterocycles. The average Bonchev–Trinajstić information content (AvgIpc) is 3.00. The molecule has 25 heavy (non-hydrogen) atoms. The lowest BCUT2D eigenvalue weighted by Crippen LogP contribution is -2.34. The summed E-state index contributed by atoms with van der Waals surface area (Å²) in [7, 11) is 0. The zero-order chi connectivity index (χ0) is 17.8. The third-order valence-corrected chi connectivity index (χ3v) is 4.42. The first-order valence-corrected chi connectivity index (χ1v) is 8.32. The van der Waals surface area contributed by atoms with Crippen LogP contribution >= 0.6 is 11.3 Å². The molecule has 0 saturated carbocycles. The van der Waals surface area contributed by atoms with Crippen LogP contribution in [0, 0.1) is 0 Å². The van der Waals surface area contributed by atoms with E-state index in [4.69, 9.17) is 0 Å². The van der Waals surface area contributed by atoms with Gasteiger partial charge in [0, 0.05) is 5.56 Å². The van der Waals surface area contributed by atoms with E-state index in [0.29, 0.717) is 10.7 Å². The van der Waals surface area contributed by atoms with Gasteiger partial charge in [-0.05, 0) is 31.2 Å². The summed E-state index contributed by atoms with van der Waals surface area (Å²) in [5, 5.41) is 26.5. The number of benzene rings is 2. The second-order valence-corrected chi connectivity index (χ2v) is 6.33. The lowest BCUT2D eigenvalue weighted by Gasteiger charge is -2.10. The van der Waals surface area contributed by atoms with Gasteiger partial charge in [0.1, 0.15) is 6.04 Å². The van der Waals surface area contributed by atoms with Crippen LogP contribution in [0.4, 0.5) is 5.13 Å². The number of hydrogen-bond donors (Lipinski definition) is 4. The molecule has 1 heterocycles. The molecule has 3 rings (SSSR count). The van der Waals surface area contributed by atoms with Gasteiger partial charge in [0.2, 0.25) is 0 Å². The van der Waals surface area contributed by atoms with Crippen LogP contribution in [0.2, 0.25) is 0 Å². The third-order valence-electron chi connectivity index (χ3n) is 3.45. The van der Waals surface area contributed by atoms with E-state index in [1.54, 1.807) is 19.1 Å². The van der Waals surface area contributed by atoms with Gasteiger partial charge in [0.15, 0.2) is 16.6 Å². The maximum atomic E-state index is 12.1. The fourth-order valence-corrected chi connectivity index (χ4v) is 3.05. The topological polar surface area (TPSA) is 107 Å². The number of fused-ring (bicyclic) bond motifs is 1. The molecule has 1 amide bonds. The standard InChI is InChI=1S/C17H16N4O3S/c1-10(19-17-20-12-6-2-3-8-14(12)25-17)16(24)21-18-9-11-5-4-7-13(22)15(11)23/h2-10,22-23H,1H3,(H,19,20)(H,21,24)/b18-9+/t10-/m0/s1. The molecule has 0 bridgehead atoms. The SMILES string of the molecule is C[C@H](Nc1nc2ccccc2s1)C(=O)N/N=C/c1cccc(O)c1O. The Morgan fingerprint density at radius 1 is 1.24 bits per heavy atom. The lowest BCUT2D eigenvalue weighted by molar-refractivity contribution is -0.121. The fraction of sp³-hybridized carbons (Fsp3) is 0.118. The highest BCUT2D eigenvalue weighted by Crippen LogP contribution is 2.27. The van der Waals surface area contributed by atoms with Crippen LogP contribution in [-0.4, -0.2) is 33.4 Å². The number of nitrogens with zero attached hydrogens (tertiary/aromatic N) is 2. The molecule has 1 aromatic heterocycles. The molecule has 0 unspecified atom stereocenters. The van der Waals surface area contributed by atoms with Gasteiger partial charge in [-0.2, -0.15) is 5.10 Å². The van der Waals surface area contributed by atoms with E-state index in [1.165, 1.54) is 23.6 Å². The second-order valence-electron chi connectivity index (χ2n) is 5.30. The Labute approximate surface area is 147 Å². The molecule has 8 heteroatoms. The zero-order valence-electron chi connectivity index (χ0n) is 13.3. The van der Waals surface area contributed by atoms with E-state index < -0.39 is 6.04 Å². The predicted molar refractivity (Wildman–Crippen MR) is 98.2 cm³/mol. The van der Waals surface area contributed by atoms with Gasteiger partial charge in [-0.3, -0.25) is 4.79 Å². The minimum Gasteiger partial charge on any atom is -0.504 e.